The Hall–Kier alpha value is -2.70. The van der Waals surface area contributed by atoms with E-state index >= 15 is 0 Å². The molecule has 3 rings (SSSR count). The van der Waals surface area contributed by atoms with Gasteiger partial charge in [0.25, 0.3) is 0 Å². The second-order valence-corrected chi connectivity index (χ2v) is 7.36. The largest absolute Gasteiger partial charge is 0.497 e. The third kappa shape index (κ3) is 5.65. The van der Waals surface area contributed by atoms with Crippen LogP contribution < -0.4 is 19.7 Å². The number of nitrogens with one attached hydrogen (secondary N) is 1. The summed E-state index contributed by atoms with van der Waals surface area (Å²) in [7, 11) is 5.29. The van der Waals surface area contributed by atoms with Crippen LogP contribution in [0.2, 0.25) is 5.02 Å². The van der Waals surface area contributed by atoms with Crippen molar-refractivity contribution in [3.8, 4) is 11.5 Å². The highest BCUT2D eigenvalue weighted by Gasteiger charge is 2.18. The van der Waals surface area contributed by atoms with Crippen molar-refractivity contribution in [2.45, 2.75) is 0 Å². The summed E-state index contributed by atoms with van der Waals surface area (Å²) in [6.07, 6.45) is 3.21. The molecule has 1 N–H and O–H groups in total. The monoisotopic (exact) mass is 415 g/mol. The van der Waals surface area contributed by atoms with E-state index in [1.807, 2.05) is 24.3 Å². The van der Waals surface area contributed by atoms with Crippen LogP contribution >= 0.6 is 11.6 Å². The van der Waals surface area contributed by atoms with E-state index in [4.69, 9.17) is 21.1 Å². The number of anilines is 2. The first kappa shape index (κ1) is 21.0. The van der Waals surface area contributed by atoms with E-state index < -0.39 is 0 Å². The molecule has 1 heterocycles. The number of likely N-dealkylation sites (N-methyl/N-ethyl adjacent to an activating group) is 1. The first-order valence-electron chi connectivity index (χ1n) is 9.43. The van der Waals surface area contributed by atoms with Crippen LogP contribution in [0, 0.1) is 0 Å². The number of piperazine rings is 1. The van der Waals surface area contributed by atoms with Crippen LogP contribution in [0.5, 0.6) is 11.5 Å². The summed E-state index contributed by atoms with van der Waals surface area (Å²) in [5.74, 6) is 1.10. The number of rotatable bonds is 6. The maximum atomic E-state index is 12.6. The zero-order valence-electron chi connectivity index (χ0n) is 16.9. The summed E-state index contributed by atoms with van der Waals surface area (Å²) < 4.78 is 10.5. The minimum Gasteiger partial charge on any atom is -0.497 e. The SMILES string of the molecule is COc1cc(/C=C/C(=O)Nc2cc(Cl)ccc2N2CCN(C)CC2)cc(OC)c1. The molecule has 1 amide bonds. The number of amides is 1. The maximum absolute atomic E-state index is 12.6. The van der Waals surface area contributed by atoms with E-state index in [1.54, 1.807) is 32.4 Å². The minimum atomic E-state index is -0.232. The molecule has 0 bridgehead atoms. The number of ether oxygens (including phenoxy) is 2. The molecule has 0 aromatic heterocycles. The van der Waals surface area contributed by atoms with Crippen molar-refractivity contribution in [1.29, 1.82) is 0 Å². The molecule has 2 aromatic carbocycles. The number of hydrogen-bond donors (Lipinski definition) is 1. The summed E-state index contributed by atoms with van der Waals surface area (Å²) in [6, 6.07) is 11.0. The number of methoxy groups -OCH3 is 2. The van der Waals surface area contributed by atoms with Crippen molar-refractivity contribution in [2.24, 2.45) is 0 Å². The summed E-state index contributed by atoms with van der Waals surface area (Å²) in [5, 5.41) is 3.54. The van der Waals surface area contributed by atoms with Crippen LogP contribution in [0.3, 0.4) is 0 Å². The Morgan fingerprint density at radius 3 is 2.31 bits per heavy atom. The van der Waals surface area contributed by atoms with Gasteiger partial charge >= 0.3 is 0 Å². The highest BCUT2D eigenvalue weighted by molar-refractivity contribution is 6.31. The predicted molar refractivity (Wildman–Crippen MR) is 118 cm³/mol. The molecule has 1 fully saturated rings. The van der Waals surface area contributed by atoms with Crippen LogP contribution in [0.15, 0.2) is 42.5 Å². The summed E-state index contributed by atoms with van der Waals surface area (Å²) in [4.78, 5) is 17.1. The van der Waals surface area contributed by atoms with E-state index in [0.29, 0.717) is 22.2 Å². The first-order chi connectivity index (χ1) is 14.0. The molecule has 0 saturated carbocycles. The summed E-state index contributed by atoms with van der Waals surface area (Å²) in [6.45, 7) is 3.77. The average Bonchev–Trinajstić information content (AvgIpc) is 2.73. The van der Waals surface area contributed by atoms with Crippen LogP contribution in [-0.2, 0) is 4.79 Å². The van der Waals surface area contributed by atoms with E-state index in [-0.39, 0.29) is 5.91 Å². The van der Waals surface area contributed by atoms with Crippen LogP contribution in [0.4, 0.5) is 11.4 Å². The fourth-order valence-electron chi connectivity index (χ4n) is 3.20. The van der Waals surface area contributed by atoms with Gasteiger partial charge in [0.2, 0.25) is 5.91 Å². The number of halogens is 1. The molecular weight excluding hydrogens is 390 g/mol. The lowest BCUT2D eigenvalue weighted by Crippen LogP contribution is -2.44. The molecule has 0 atom stereocenters. The van der Waals surface area contributed by atoms with Crippen molar-refractivity contribution in [2.75, 3.05) is 57.7 Å². The van der Waals surface area contributed by atoms with Gasteiger partial charge < -0.3 is 24.6 Å². The number of carbonyl (C=O) groups excluding carboxylic acids is 1. The normalized spacial score (nSPS) is 14.8. The van der Waals surface area contributed by atoms with Crippen molar-refractivity contribution in [1.82, 2.24) is 4.90 Å². The highest BCUT2D eigenvalue weighted by Crippen LogP contribution is 2.30. The standard InChI is InChI=1S/C22H26ClN3O3/c1-25-8-10-26(11-9-25)21-6-5-17(23)14-20(21)24-22(27)7-4-16-12-18(28-2)15-19(13-16)29-3/h4-7,12-15H,8-11H2,1-3H3,(H,24,27)/b7-4+. The summed E-state index contributed by atoms with van der Waals surface area (Å²) >= 11 is 6.18. The Kier molecular flexibility index (Phi) is 7.01. The van der Waals surface area contributed by atoms with Gasteiger partial charge in [-0.2, -0.15) is 0 Å². The quantitative estimate of drug-likeness (QED) is 0.728. The van der Waals surface area contributed by atoms with Gasteiger partial charge in [0.15, 0.2) is 0 Å². The van der Waals surface area contributed by atoms with E-state index in [2.05, 4.69) is 22.2 Å². The Labute approximate surface area is 176 Å². The molecule has 1 aliphatic heterocycles. The van der Waals surface area contributed by atoms with Gasteiger partial charge in [-0.25, -0.2) is 0 Å². The third-order valence-corrected chi connectivity index (χ3v) is 5.10. The maximum Gasteiger partial charge on any atom is 0.248 e. The number of hydrogen-bond acceptors (Lipinski definition) is 5. The van der Waals surface area contributed by atoms with Crippen molar-refractivity contribution < 1.29 is 14.3 Å². The van der Waals surface area contributed by atoms with E-state index in [9.17, 15) is 4.79 Å². The third-order valence-electron chi connectivity index (χ3n) is 4.86. The predicted octanol–water partition coefficient (Wildman–Crippen LogP) is 3.76. The van der Waals surface area contributed by atoms with Crippen LogP contribution in [0.25, 0.3) is 6.08 Å². The van der Waals surface area contributed by atoms with Gasteiger partial charge in [-0.15, -0.1) is 0 Å². The zero-order valence-corrected chi connectivity index (χ0v) is 17.7. The Morgan fingerprint density at radius 2 is 1.69 bits per heavy atom. The van der Waals surface area contributed by atoms with Gasteiger partial charge in [-0.3, -0.25) is 4.79 Å². The topological polar surface area (TPSA) is 54.0 Å². The van der Waals surface area contributed by atoms with Crippen molar-refractivity contribution in [3.63, 3.8) is 0 Å². The fourth-order valence-corrected chi connectivity index (χ4v) is 3.38. The lowest BCUT2D eigenvalue weighted by atomic mass is 10.1. The van der Waals surface area contributed by atoms with Gasteiger partial charge in [0, 0.05) is 43.3 Å². The van der Waals surface area contributed by atoms with Gasteiger partial charge in [-0.05, 0) is 49.0 Å². The molecular formula is C22H26ClN3O3. The molecule has 7 heteroatoms. The Morgan fingerprint density at radius 1 is 1.03 bits per heavy atom. The van der Waals surface area contributed by atoms with E-state index in [0.717, 1.165) is 37.4 Å². The smallest absolute Gasteiger partial charge is 0.248 e. The van der Waals surface area contributed by atoms with E-state index in [1.165, 1.54) is 6.08 Å². The summed E-state index contributed by atoms with van der Waals surface area (Å²) in [5.41, 5.74) is 2.49. The molecule has 0 radical (unpaired) electrons. The van der Waals surface area contributed by atoms with Gasteiger partial charge in [0.05, 0.1) is 25.6 Å². The van der Waals surface area contributed by atoms with Crippen LogP contribution in [-0.4, -0.2) is 58.3 Å². The van der Waals surface area contributed by atoms with Crippen LogP contribution in [0.1, 0.15) is 5.56 Å². The first-order valence-corrected chi connectivity index (χ1v) is 9.81. The average molecular weight is 416 g/mol. The zero-order chi connectivity index (χ0) is 20.8. The highest BCUT2D eigenvalue weighted by atomic mass is 35.5. The number of nitrogens with zero attached hydrogens (tertiary/aromatic N) is 2. The molecule has 29 heavy (non-hydrogen) atoms. The second kappa shape index (κ2) is 9.67. The molecule has 0 unspecified atom stereocenters. The fraction of sp³-hybridized carbons (Fsp3) is 0.318. The second-order valence-electron chi connectivity index (χ2n) is 6.92. The lowest BCUT2D eigenvalue weighted by Gasteiger charge is -2.35. The molecule has 2 aromatic rings. The molecule has 0 spiro atoms. The number of carbonyl (C=O) groups is 1. The van der Waals surface area contributed by atoms with Crippen molar-refractivity contribution in [3.05, 3.63) is 53.1 Å². The molecule has 1 aliphatic rings. The van der Waals surface area contributed by atoms with Gasteiger partial charge in [0.1, 0.15) is 11.5 Å². The lowest BCUT2D eigenvalue weighted by molar-refractivity contribution is -0.111. The van der Waals surface area contributed by atoms with Crippen molar-refractivity contribution >= 4 is 35.0 Å². The molecule has 6 nitrogen and oxygen atoms in total. The molecule has 0 aliphatic carbocycles. The Bertz CT molecular complexity index is 871. The van der Waals surface area contributed by atoms with Gasteiger partial charge in [-0.1, -0.05) is 11.6 Å². The molecule has 1 saturated heterocycles. The molecule has 154 valence electrons. The number of benzene rings is 2. The minimum absolute atomic E-state index is 0.232. The Balaban J connectivity index is 1.75.